The Morgan fingerprint density at radius 1 is 1.17 bits per heavy atom. The van der Waals surface area contributed by atoms with Crippen LogP contribution in [-0.2, 0) is 26.4 Å². The molecule has 0 radical (unpaired) electrons. The molecule has 0 saturated carbocycles. The standard InChI is InChI=1S/C17H16ClN7O2S2/c1-23-13-12(14(26)24(2)17(23)27)25(7-9-5-3-4-6-10(9)18)16(20-13)28-8-11-21-22-15(19)29-11/h3-6H,7-8H2,1-2H3,(H2,19,22). The number of hydrogen-bond donors (Lipinski definition) is 1. The number of anilines is 1. The molecule has 0 aliphatic carbocycles. The Labute approximate surface area is 177 Å². The Kier molecular flexibility index (Phi) is 5.19. The highest BCUT2D eigenvalue weighted by Crippen LogP contribution is 2.28. The highest BCUT2D eigenvalue weighted by molar-refractivity contribution is 7.98. The lowest BCUT2D eigenvalue weighted by atomic mass is 10.2. The van der Waals surface area contributed by atoms with Crippen molar-refractivity contribution in [1.29, 1.82) is 0 Å². The summed E-state index contributed by atoms with van der Waals surface area (Å²) in [6.45, 7) is 0.338. The SMILES string of the molecule is Cn1c(=O)c2c(nc(SCc3nnc(N)s3)n2Cc2ccccc2Cl)n(C)c1=O. The molecule has 0 unspecified atom stereocenters. The lowest BCUT2D eigenvalue weighted by Gasteiger charge is -2.10. The molecule has 3 heterocycles. The zero-order valence-electron chi connectivity index (χ0n) is 15.5. The van der Waals surface area contributed by atoms with Gasteiger partial charge < -0.3 is 10.3 Å². The summed E-state index contributed by atoms with van der Waals surface area (Å²) >= 11 is 9.02. The monoisotopic (exact) mass is 449 g/mol. The Balaban J connectivity index is 1.87. The van der Waals surface area contributed by atoms with Crippen molar-refractivity contribution in [2.45, 2.75) is 17.5 Å². The number of aromatic nitrogens is 6. The number of nitrogen functional groups attached to an aromatic ring is 1. The van der Waals surface area contributed by atoms with Gasteiger partial charge in [-0.2, -0.15) is 0 Å². The number of benzene rings is 1. The third-order valence-corrected chi connectivity index (χ3v) is 6.70. The van der Waals surface area contributed by atoms with Gasteiger partial charge in [0.2, 0.25) is 5.13 Å². The van der Waals surface area contributed by atoms with Gasteiger partial charge in [-0.3, -0.25) is 13.9 Å². The molecule has 0 saturated heterocycles. The second-order valence-corrected chi connectivity index (χ2v) is 8.72. The first-order chi connectivity index (χ1) is 13.9. The Bertz CT molecular complexity index is 1340. The summed E-state index contributed by atoms with van der Waals surface area (Å²) in [6.07, 6.45) is 0. The van der Waals surface area contributed by atoms with Crippen molar-refractivity contribution in [2.75, 3.05) is 5.73 Å². The number of fused-ring (bicyclic) bond motifs is 1. The molecule has 0 fully saturated rings. The first-order valence-corrected chi connectivity index (χ1v) is 10.6. The molecule has 29 heavy (non-hydrogen) atoms. The van der Waals surface area contributed by atoms with E-state index in [9.17, 15) is 9.59 Å². The van der Waals surface area contributed by atoms with Crippen molar-refractivity contribution in [3.63, 3.8) is 0 Å². The second-order valence-electron chi connectivity index (χ2n) is 6.27. The highest BCUT2D eigenvalue weighted by atomic mass is 35.5. The van der Waals surface area contributed by atoms with E-state index in [1.807, 2.05) is 18.2 Å². The Morgan fingerprint density at radius 3 is 2.62 bits per heavy atom. The van der Waals surface area contributed by atoms with Crippen LogP contribution in [0.4, 0.5) is 5.13 Å². The molecule has 2 N–H and O–H groups in total. The number of nitrogens with two attached hydrogens (primary N) is 1. The summed E-state index contributed by atoms with van der Waals surface area (Å²) in [5, 5.41) is 10.1. The molecular weight excluding hydrogens is 434 g/mol. The van der Waals surface area contributed by atoms with Crippen LogP contribution in [0.3, 0.4) is 0 Å². The van der Waals surface area contributed by atoms with Crippen molar-refractivity contribution >= 4 is 51.0 Å². The fraction of sp³-hybridized carbons (Fsp3) is 0.235. The first kappa shape index (κ1) is 19.7. The minimum absolute atomic E-state index is 0.324. The van der Waals surface area contributed by atoms with Crippen LogP contribution in [0, 0.1) is 0 Å². The summed E-state index contributed by atoms with van der Waals surface area (Å²) < 4.78 is 4.23. The highest BCUT2D eigenvalue weighted by Gasteiger charge is 2.20. The zero-order chi connectivity index (χ0) is 20.7. The minimum atomic E-state index is -0.432. The molecule has 9 nitrogen and oxygen atoms in total. The summed E-state index contributed by atoms with van der Waals surface area (Å²) in [5.41, 5.74) is 6.31. The second kappa shape index (κ2) is 7.65. The largest absolute Gasteiger partial charge is 0.374 e. The maximum Gasteiger partial charge on any atom is 0.332 e. The molecular formula is C17H16ClN7O2S2. The van der Waals surface area contributed by atoms with Crippen LogP contribution in [0.5, 0.6) is 0 Å². The average Bonchev–Trinajstić information content (AvgIpc) is 3.28. The molecule has 0 aliphatic rings. The lowest BCUT2D eigenvalue weighted by Crippen LogP contribution is -2.37. The van der Waals surface area contributed by atoms with E-state index in [-0.39, 0.29) is 0 Å². The molecule has 0 aliphatic heterocycles. The van der Waals surface area contributed by atoms with Crippen LogP contribution in [0.1, 0.15) is 10.6 Å². The van der Waals surface area contributed by atoms with Gasteiger partial charge in [0, 0.05) is 19.1 Å². The molecule has 150 valence electrons. The summed E-state index contributed by atoms with van der Waals surface area (Å²) in [4.78, 5) is 29.8. The van der Waals surface area contributed by atoms with Crippen molar-refractivity contribution < 1.29 is 0 Å². The lowest BCUT2D eigenvalue weighted by molar-refractivity contribution is 0.696. The minimum Gasteiger partial charge on any atom is -0.374 e. The molecule has 4 aromatic rings. The molecule has 0 atom stereocenters. The summed E-state index contributed by atoms with van der Waals surface area (Å²) in [7, 11) is 3.05. The fourth-order valence-corrected chi connectivity index (χ4v) is 4.72. The smallest absolute Gasteiger partial charge is 0.332 e. The Morgan fingerprint density at radius 2 is 1.93 bits per heavy atom. The molecule has 1 aromatic carbocycles. The van der Waals surface area contributed by atoms with Gasteiger partial charge in [-0.15, -0.1) is 10.2 Å². The first-order valence-electron chi connectivity index (χ1n) is 8.47. The topological polar surface area (TPSA) is 114 Å². The normalized spacial score (nSPS) is 11.4. The average molecular weight is 450 g/mol. The van der Waals surface area contributed by atoms with E-state index in [4.69, 9.17) is 17.3 Å². The number of rotatable bonds is 5. The van der Waals surface area contributed by atoms with E-state index >= 15 is 0 Å². The molecule has 0 spiro atoms. The van der Waals surface area contributed by atoms with Crippen molar-refractivity contribution in [2.24, 2.45) is 14.1 Å². The van der Waals surface area contributed by atoms with Crippen LogP contribution in [0.2, 0.25) is 5.02 Å². The number of imidazole rings is 1. The van der Waals surface area contributed by atoms with Crippen molar-refractivity contribution in [3.05, 3.63) is 60.7 Å². The van der Waals surface area contributed by atoms with E-state index in [0.717, 1.165) is 15.1 Å². The van der Waals surface area contributed by atoms with Gasteiger partial charge in [0.05, 0.1) is 12.3 Å². The maximum atomic E-state index is 12.9. The van der Waals surface area contributed by atoms with E-state index in [2.05, 4.69) is 15.2 Å². The number of nitrogens with zero attached hydrogens (tertiary/aromatic N) is 6. The number of halogens is 1. The zero-order valence-corrected chi connectivity index (χ0v) is 17.9. The molecule has 0 bridgehead atoms. The van der Waals surface area contributed by atoms with Crippen molar-refractivity contribution in [3.8, 4) is 0 Å². The van der Waals surface area contributed by atoms with E-state index in [1.54, 1.807) is 17.7 Å². The van der Waals surface area contributed by atoms with E-state index in [0.29, 0.717) is 38.8 Å². The van der Waals surface area contributed by atoms with Gasteiger partial charge in [-0.1, -0.05) is 52.9 Å². The third-order valence-electron chi connectivity index (χ3n) is 4.41. The van der Waals surface area contributed by atoms with Gasteiger partial charge in [0.25, 0.3) is 5.56 Å². The number of thioether (sulfide) groups is 1. The summed E-state index contributed by atoms with van der Waals surface area (Å²) in [6, 6.07) is 7.41. The van der Waals surface area contributed by atoms with E-state index < -0.39 is 11.2 Å². The van der Waals surface area contributed by atoms with Crippen molar-refractivity contribution in [1.82, 2.24) is 28.9 Å². The molecule has 12 heteroatoms. The van der Waals surface area contributed by atoms with Gasteiger partial charge in [-0.05, 0) is 11.6 Å². The van der Waals surface area contributed by atoms with Crippen LogP contribution in [0.15, 0.2) is 39.0 Å². The van der Waals surface area contributed by atoms with Gasteiger partial charge >= 0.3 is 5.69 Å². The van der Waals surface area contributed by atoms with Gasteiger partial charge in [0.1, 0.15) is 5.01 Å². The van der Waals surface area contributed by atoms with E-state index in [1.165, 1.54) is 34.7 Å². The number of aryl methyl sites for hydroxylation is 1. The van der Waals surface area contributed by atoms with Gasteiger partial charge in [-0.25, -0.2) is 9.78 Å². The van der Waals surface area contributed by atoms with Crippen LogP contribution >= 0.6 is 34.7 Å². The predicted molar refractivity (Wildman–Crippen MR) is 115 cm³/mol. The predicted octanol–water partition coefficient (Wildman–Crippen LogP) is 1.86. The fourth-order valence-electron chi connectivity index (χ4n) is 2.93. The molecule has 4 rings (SSSR count). The summed E-state index contributed by atoms with van der Waals surface area (Å²) in [5.74, 6) is 0.481. The maximum absolute atomic E-state index is 12.9. The molecule has 0 amide bonds. The van der Waals surface area contributed by atoms with Crippen LogP contribution in [0.25, 0.3) is 11.2 Å². The van der Waals surface area contributed by atoms with Crippen LogP contribution < -0.4 is 17.0 Å². The number of hydrogen-bond acceptors (Lipinski definition) is 8. The quantitative estimate of drug-likeness (QED) is 0.462. The van der Waals surface area contributed by atoms with Crippen LogP contribution in [-0.4, -0.2) is 28.9 Å². The Hall–Kier alpha value is -2.63. The van der Waals surface area contributed by atoms with Gasteiger partial charge in [0.15, 0.2) is 16.3 Å². The molecule has 3 aromatic heterocycles. The third kappa shape index (κ3) is 3.56.